The molecule has 0 aliphatic heterocycles. The Labute approximate surface area is 190 Å². The van der Waals surface area contributed by atoms with E-state index in [0.717, 1.165) is 5.39 Å². The molecule has 0 aliphatic carbocycles. The number of para-hydroxylation sites is 1. The normalized spacial score (nSPS) is 12.8. The van der Waals surface area contributed by atoms with E-state index < -0.39 is 35.5 Å². The van der Waals surface area contributed by atoms with Crippen LogP contribution in [0.4, 0.5) is 0 Å². The van der Waals surface area contributed by atoms with E-state index in [1.165, 1.54) is 6.92 Å². The quantitative estimate of drug-likeness (QED) is 0.453. The minimum atomic E-state index is -1.13. The van der Waals surface area contributed by atoms with Gasteiger partial charge in [-0.1, -0.05) is 44.2 Å². The smallest absolute Gasteiger partial charge is 0.344 e. The van der Waals surface area contributed by atoms with E-state index in [0.29, 0.717) is 16.7 Å². The van der Waals surface area contributed by atoms with Crippen LogP contribution in [0, 0.1) is 5.92 Å². The number of carboxylic acids is 1. The Morgan fingerprint density at radius 1 is 0.970 bits per heavy atom. The average Bonchev–Trinajstić information content (AvgIpc) is 2.77. The summed E-state index contributed by atoms with van der Waals surface area (Å²) >= 11 is 0. The minimum Gasteiger partial charge on any atom is -0.480 e. The second-order valence-corrected chi connectivity index (χ2v) is 8.29. The maximum Gasteiger partial charge on any atom is 0.344 e. The van der Waals surface area contributed by atoms with Crippen LogP contribution in [0.5, 0.6) is 0 Å². The number of amides is 2. The Morgan fingerprint density at radius 3 is 2.39 bits per heavy atom. The van der Waals surface area contributed by atoms with Gasteiger partial charge in [0, 0.05) is 10.9 Å². The Bertz CT molecular complexity index is 1250. The van der Waals surface area contributed by atoms with Crippen LogP contribution >= 0.6 is 0 Å². The second-order valence-electron chi connectivity index (χ2n) is 8.29. The van der Waals surface area contributed by atoms with Crippen LogP contribution < -0.4 is 16.3 Å². The fraction of sp³-hybridized carbons (Fsp3) is 0.280. The molecule has 8 heteroatoms. The fourth-order valence-corrected chi connectivity index (χ4v) is 3.43. The highest BCUT2D eigenvalue weighted by molar-refractivity contribution is 5.99. The highest BCUT2D eigenvalue weighted by atomic mass is 16.4. The number of hydrogen-bond donors (Lipinski definition) is 3. The number of carbonyl (C=O) groups is 3. The van der Waals surface area contributed by atoms with E-state index in [2.05, 4.69) is 10.6 Å². The van der Waals surface area contributed by atoms with Gasteiger partial charge in [-0.25, -0.2) is 9.59 Å². The third-order valence-electron chi connectivity index (χ3n) is 5.14. The summed E-state index contributed by atoms with van der Waals surface area (Å²) in [4.78, 5) is 49.0. The Hall–Kier alpha value is -3.94. The van der Waals surface area contributed by atoms with E-state index in [1.54, 1.807) is 42.5 Å². The summed E-state index contributed by atoms with van der Waals surface area (Å²) in [7, 11) is 0. The lowest BCUT2D eigenvalue weighted by molar-refractivity contribution is -0.142. The molecule has 1 aromatic heterocycles. The monoisotopic (exact) mass is 450 g/mol. The first-order valence-corrected chi connectivity index (χ1v) is 10.6. The predicted molar refractivity (Wildman–Crippen MR) is 124 cm³/mol. The van der Waals surface area contributed by atoms with Crippen molar-refractivity contribution in [1.29, 1.82) is 0 Å². The van der Waals surface area contributed by atoms with Crippen LogP contribution in [-0.2, 0) is 9.59 Å². The van der Waals surface area contributed by atoms with Gasteiger partial charge in [-0.2, -0.15) is 0 Å². The zero-order valence-corrected chi connectivity index (χ0v) is 18.6. The van der Waals surface area contributed by atoms with Crippen molar-refractivity contribution in [3.8, 4) is 11.1 Å². The molecule has 2 atom stereocenters. The van der Waals surface area contributed by atoms with Gasteiger partial charge in [0.2, 0.25) is 5.91 Å². The third-order valence-corrected chi connectivity index (χ3v) is 5.14. The minimum absolute atomic E-state index is 0.0757. The van der Waals surface area contributed by atoms with Gasteiger partial charge in [0.05, 0.1) is 5.56 Å². The molecule has 8 nitrogen and oxygen atoms in total. The average molecular weight is 450 g/mol. The zero-order chi connectivity index (χ0) is 24.1. The van der Waals surface area contributed by atoms with Crippen LogP contribution in [0.2, 0.25) is 0 Å². The summed E-state index contributed by atoms with van der Waals surface area (Å²) in [5, 5.41) is 15.1. The summed E-state index contributed by atoms with van der Waals surface area (Å²) in [6, 6.07) is 13.3. The number of nitrogens with one attached hydrogen (secondary N) is 2. The fourth-order valence-electron chi connectivity index (χ4n) is 3.43. The van der Waals surface area contributed by atoms with E-state index >= 15 is 0 Å². The summed E-state index contributed by atoms with van der Waals surface area (Å²) in [6.07, 6.45) is 0.276. The largest absolute Gasteiger partial charge is 0.480 e. The maximum absolute atomic E-state index is 12.7. The molecule has 33 heavy (non-hydrogen) atoms. The van der Waals surface area contributed by atoms with Crippen molar-refractivity contribution in [2.45, 2.75) is 39.3 Å². The SMILES string of the molecule is CC(C)CC(NC(=O)C(C)NC(=O)c1cccc(-c2cc3ccccc3oc2=O)c1)C(=O)O. The molecule has 0 saturated heterocycles. The molecular formula is C25H26N2O6. The third kappa shape index (κ3) is 5.85. The summed E-state index contributed by atoms with van der Waals surface area (Å²) in [5.41, 5.74) is 1.01. The molecule has 3 rings (SSSR count). The van der Waals surface area contributed by atoms with E-state index in [1.807, 2.05) is 26.0 Å². The highest BCUT2D eigenvalue weighted by Crippen LogP contribution is 2.22. The van der Waals surface area contributed by atoms with Crippen LogP contribution in [-0.4, -0.2) is 35.0 Å². The number of benzene rings is 2. The van der Waals surface area contributed by atoms with Gasteiger partial charge < -0.3 is 20.2 Å². The van der Waals surface area contributed by atoms with Crippen LogP contribution in [0.15, 0.2) is 63.8 Å². The molecule has 0 saturated carbocycles. The first-order valence-electron chi connectivity index (χ1n) is 10.6. The summed E-state index contributed by atoms with van der Waals surface area (Å²) in [5.74, 6) is -2.17. The number of carboxylic acid groups (broad SMARTS) is 1. The van der Waals surface area contributed by atoms with Gasteiger partial charge in [0.15, 0.2) is 0 Å². The van der Waals surface area contributed by atoms with Crippen LogP contribution in [0.25, 0.3) is 22.1 Å². The van der Waals surface area contributed by atoms with Crippen molar-refractivity contribution in [3.63, 3.8) is 0 Å². The van der Waals surface area contributed by atoms with Crippen molar-refractivity contribution in [3.05, 3.63) is 70.6 Å². The van der Waals surface area contributed by atoms with Crippen LogP contribution in [0.1, 0.15) is 37.6 Å². The topological polar surface area (TPSA) is 126 Å². The lowest BCUT2D eigenvalue weighted by atomic mass is 10.0. The van der Waals surface area contributed by atoms with Gasteiger partial charge in [0.1, 0.15) is 17.7 Å². The van der Waals surface area contributed by atoms with Crippen LogP contribution in [0.3, 0.4) is 0 Å². The molecule has 2 unspecified atom stereocenters. The van der Waals surface area contributed by atoms with Gasteiger partial charge in [0.25, 0.3) is 5.91 Å². The predicted octanol–water partition coefficient (Wildman–Crippen LogP) is 3.19. The maximum atomic E-state index is 12.7. The number of rotatable bonds is 8. The molecule has 0 spiro atoms. The summed E-state index contributed by atoms with van der Waals surface area (Å²) in [6.45, 7) is 5.19. The summed E-state index contributed by atoms with van der Waals surface area (Å²) < 4.78 is 5.37. The first kappa shape index (κ1) is 23.7. The molecule has 2 amide bonds. The molecule has 1 heterocycles. The number of fused-ring (bicyclic) bond motifs is 1. The van der Waals surface area contributed by atoms with E-state index in [-0.39, 0.29) is 17.9 Å². The second kappa shape index (κ2) is 10.1. The molecule has 0 aliphatic rings. The highest BCUT2D eigenvalue weighted by Gasteiger charge is 2.25. The molecule has 0 radical (unpaired) electrons. The van der Waals surface area contributed by atoms with Gasteiger partial charge in [-0.15, -0.1) is 0 Å². The van der Waals surface area contributed by atoms with Crippen molar-refractivity contribution >= 4 is 28.8 Å². The van der Waals surface area contributed by atoms with Gasteiger partial charge in [-0.05, 0) is 49.1 Å². The van der Waals surface area contributed by atoms with Crippen molar-refractivity contribution in [2.24, 2.45) is 5.92 Å². The Morgan fingerprint density at radius 2 is 1.70 bits per heavy atom. The molecular weight excluding hydrogens is 424 g/mol. The molecule has 2 aromatic carbocycles. The lowest BCUT2D eigenvalue weighted by Crippen LogP contribution is -2.50. The van der Waals surface area contributed by atoms with Gasteiger partial charge in [-0.3, -0.25) is 9.59 Å². The van der Waals surface area contributed by atoms with Crippen molar-refractivity contribution < 1.29 is 23.9 Å². The van der Waals surface area contributed by atoms with Crippen molar-refractivity contribution in [1.82, 2.24) is 10.6 Å². The molecule has 0 fully saturated rings. The first-order chi connectivity index (χ1) is 15.7. The number of hydrogen-bond acceptors (Lipinski definition) is 5. The van der Waals surface area contributed by atoms with Crippen molar-refractivity contribution in [2.75, 3.05) is 0 Å². The number of aliphatic carboxylic acids is 1. The zero-order valence-electron chi connectivity index (χ0n) is 18.6. The standard InChI is InChI=1S/C25H26N2O6/c1-14(2)11-20(24(30)31)27-22(28)15(3)26-23(29)18-9-6-8-16(12-18)19-13-17-7-4-5-10-21(17)33-25(19)32/h4-10,12-15,20H,11H2,1-3H3,(H,26,29)(H,27,28)(H,30,31). The molecule has 172 valence electrons. The Balaban J connectivity index is 1.76. The Kier molecular flexibility index (Phi) is 7.27. The van der Waals surface area contributed by atoms with E-state index in [4.69, 9.17) is 4.42 Å². The van der Waals surface area contributed by atoms with Gasteiger partial charge >= 0.3 is 11.6 Å². The number of carbonyl (C=O) groups excluding carboxylic acids is 2. The lowest BCUT2D eigenvalue weighted by Gasteiger charge is -2.20. The molecule has 0 bridgehead atoms. The molecule has 3 aromatic rings. The van der Waals surface area contributed by atoms with E-state index in [9.17, 15) is 24.3 Å². The molecule has 3 N–H and O–H groups in total.